The van der Waals surface area contributed by atoms with Crippen LogP contribution in [0, 0.1) is 0 Å². The number of nitrogens with one attached hydrogen (secondary N) is 2. The first-order chi connectivity index (χ1) is 14.1. The van der Waals surface area contributed by atoms with Gasteiger partial charge in [-0.25, -0.2) is 15.0 Å². The van der Waals surface area contributed by atoms with Crippen LogP contribution in [-0.2, 0) is 17.7 Å². The minimum Gasteiger partial charge on any atom is -0.375 e. The number of aromatic nitrogens is 2. The minimum atomic E-state index is 0.243. The van der Waals surface area contributed by atoms with E-state index in [1.165, 1.54) is 0 Å². The van der Waals surface area contributed by atoms with E-state index in [2.05, 4.69) is 56.5 Å². The van der Waals surface area contributed by atoms with Gasteiger partial charge >= 0.3 is 0 Å². The highest BCUT2D eigenvalue weighted by atomic mass is 35.5. The molecular weight excluding hydrogens is 388 g/mol. The van der Waals surface area contributed by atoms with Gasteiger partial charge in [0.15, 0.2) is 5.96 Å². The van der Waals surface area contributed by atoms with Crippen LogP contribution in [0.1, 0.15) is 25.0 Å². The van der Waals surface area contributed by atoms with Crippen molar-refractivity contribution in [3.63, 3.8) is 0 Å². The van der Waals surface area contributed by atoms with Gasteiger partial charge in [-0.05, 0) is 43.5 Å². The van der Waals surface area contributed by atoms with Crippen LogP contribution in [0.25, 0.3) is 0 Å². The Kier molecular flexibility index (Phi) is 8.07. The number of ether oxygens (including phenoxy) is 1. The van der Waals surface area contributed by atoms with Gasteiger partial charge in [-0.3, -0.25) is 0 Å². The molecule has 29 heavy (non-hydrogen) atoms. The molecule has 0 spiro atoms. The Labute approximate surface area is 177 Å². The zero-order chi connectivity index (χ0) is 20.5. The Hall–Kier alpha value is -2.38. The fraction of sp³-hybridized carbons (Fsp3) is 0.476. The summed E-state index contributed by atoms with van der Waals surface area (Å²) < 4.78 is 5.60. The number of morpholine rings is 1. The summed E-state index contributed by atoms with van der Waals surface area (Å²) in [6, 6.07) is 7.96. The molecule has 0 aromatic carbocycles. The average molecular weight is 417 g/mol. The van der Waals surface area contributed by atoms with Crippen molar-refractivity contribution in [3.8, 4) is 0 Å². The van der Waals surface area contributed by atoms with Crippen LogP contribution in [0.5, 0.6) is 0 Å². The molecule has 1 unspecified atom stereocenters. The predicted octanol–water partition coefficient (Wildman–Crippen LogP) is 2.65. The van der Waals surface area contributed by atoms with Gasteiger partial charge in [0, 0.05) is 38.6 Å². The van der Waals surface area contributed by atoms with Crippen LogP contribution in [0.4, 0.5) is 5.82 Å². The average Bonchev–Trinajstić information content (AvgIpc) is 2.74. The number of pyridine rings is 2. The number of hydrogen-bond donors (Lipinski definition) is 2. The molecule has 1 saturated heterocycles. The van der Waals surface area contributed by atoms with Crippen molar-refractivity contribution in [2.24, 2.45) is 4.99 Å². The van der Waals surface area contributed by atoms with Crippen LogP contribution in [0.15, 0.2) is 41.7 Å². The van der Waals surface area contributed by atoms with E-state index in [-0.39, 0.29) is 6.10 Å². The van der Waals surface area contributed by atoms with E-state index in [0.29, 0.717) is 11.7 Å². The maximum Gasteiger partial charge on any atom is 0.191 e. The Morgan fingerprint density at radius 2 is 2.03 bits per heavy atom. The topological polar surface area (TPSA) is 74.7 Å². The molecule has 0 bridgehead atoms. The van der Waals surface area contributed by atoms with Crippen LogP contribution in [-0.4, -0.2) is 54.8 Å². The minimum absolute atomic E-state index is 0.243. The molecule has 0 amide bonds. The van der Waals surface area contributed by atoms with Crippen molar-refractivity contribution in [2.45, 2.75) is 32.9 Å². The summed E-state index contributed by atoms with van der Waals surface area (Å²) in [5, 5.41) is 7.15. The molecule has 156 valence electrons. The lowest BCUT2D eigenvalue weighted by Gasteiger charge is -2.32. The standard InChI is InChI=1S/C21H29ClN6O/c1-3-23-21(24-9-8-17-4-6-19(22)25-12-17)27-14-18-5-7-20(26-13-18)28-10-11-29-16(2)15-28/h4-7,12-13,16H,3,8-11,14-15H2,1-2H3,(H2,23,24,27). The fourth-order valence-electron chi connectivity index (χ4n) is 3.12. The maximum atomic E-state index is 5.83. The molecule has 3 heterocycles. The Morgan fingerprint density at radius 1 is 1.21 bits per heavy atom. The first-order valence-electron chi connectivity index (χ1n) is 10.1. The van der Waals surface area contributed by atoms with Gasteiger partial charge in [0.1, 0.15) is 11.0 Å². The number of anilines is 1. The lowest BCUT2D eigenvalue weighted by molar-refractivity contribution is 0.0529. The molecule has 7 nitrogen and oxygen atoms in total. The zero-order valence-electron chi connectivity index (χ0n) is 17.1. The molecule has 1 fully saturated rings. The quantitative estimate of drug-likeness (QED) is 0.410. The molecule has 1 aliphatic rings. The van der Waals surface area contributed by atoms with Crippen LogP contribution in [0.3, 0.4) is 0 Å². The summed E-state index contributed by atoms with van der Waals surface area (Å²) in [7, 11) is 0. The highest BCUT2D eigenvalue weighted by molar-refractivity contribution is 6.29. The van der Waals surface area contributed by atoms with Gasteiger partial charge in [-0.2, -0.15) is 0 Å². The first kappa shape index (κ1) is 21.3. The second kappa shape index (κ2) is 11.0. The van der Waals surface area contributed by atoms with E-state index in [1.807, 2.05) is 18.3 Å². The van der Waals surface area contributed by atoms with Gasteiger partial charge in [0.05, 0.1) is 19.3 Å². The third-order valence-corrected chi connectivity index (χ3v) is 4.86. The van der Waals surface area contributed by atoms with Gasteiger partial charge in [0.2, 0.25) is 0 Å². The molecule has 8 heteroatoms. The number of halogens is 1. The first-order valence-corrected chi connectivity index (χ1v) is 10.5. The third-order valence-electron chi connectivity index (χ3n) is 4.63. The molecule has 1 atom stereocenters. The normalized spacial score (nSPS) is 17.3. The van der Waals surface area contributed by atoms with Crippen molar-refractivity contribution in [2.75, 3.05) is 37.7 Å². The lowest BCUT2D eigenvalue weighted by atomic mass is 10.2. The van der Waals surface area contributed by atoms with Crippen LogP contribution >= 0.6 is 11.6 Å². The smallest absolute Gasteiger partial charge is 0.191 e. The monoisotopic (exact) mass is 416 g/mol. The van der Waals surface area contributed by atoms with E-state index >= 15 is 0 Å². The van der Waals surface area contributed by atoms with E-state index in [0.717, 1.165) is 62.1 Å². The molecule has 3 rings (SSSR count). The number of hydrogen-bond acceptors (Lipinski definition) is 5. The molecule has 2 aromatic heterocycles. The summed E-state index contributed by atoms with van der Waals surface area (Å²) in [6.45, 7) is 8.80. The van der Waals surface area contributed by atoms with E-state index in [4.69, 9.17) is 16.3 Å². The van der Waals surface area contributed by atoms with Crippen LogP contribution < -0.4 is 15.5 Å². The van der Waals surface area contributed by atoms with Crippen LogP contribution in [0.2, 0.25) is 5.15 Å². The summed E-state index contributed by atoms with van der Waals surface area (Å²) in [5.74, 6) is 1.79. The Morgan fingerprint density at radius 3 is 2.72 bits per heavy atom. The third kappa shape index (κ3) is 6.87. The second-order valence-corrected chi connectivity index (χ2v) is 7.40. The van der Waals surface area contributed by atoms with Crippen molar-refractivity contribution < 1.29 is 4.74 Å². The Balaban J connectivity index is 1.51. The summed E-state index contributed by atoms with van der Waals surface area (Å²) in [6.07, 6.45) is 4.80. The molecule has 2 N–H and O–H groups in total. The SMILES string of the molecule is CCNC(=NCc1ccc(N2CCOC(C)C2)nc1)NCCc1ccc(Cl)nc1. The lowest BCUT2D eigenvalue weighted by Crippen LogP contribution is -2.41. The molecular formula is C21H29ClN6O. The molecule has 0 aliphatic carbocycles. The number of guanidine groups is 1. The van der Waals surface area contributed by atoms with E-state index in [9.17, 15) is 0 Å². The largest absolute Gasteiger partial charge is 0.375 e. The highest BCUT2D eigenvalue weighted by Crippen LogP contribution is 2.15. The maximum absolute atomic E-state index is 5.83. The van der Waals surface area contributed by atoms with Gasteiger partial charge in [0.25, 0.3) is 0 Å². The predicted molar refractivity (Wildman–Crippen MR) is 118 cm³/mol. The summed E-state index contributed by atoms with van der Waals surface area (Å²) >= 11 is 5.83. The number of aliphatic imine (C=N–C) groups is 1. The summed E-state index contributed by atoms with van der Waals surface area (Å²) in [5.41, 5.74) is 2.21. The van der Waals surface area contributed by atoms with Gasteiger partial charge in [-0.1, -0.05) is 23.7 Å². The molecule has 1 aliphatic heterocycles. The molecule has 0 saturated carbocycles. The fourth-order valence-corrected chi connectivity index (χ4v) is 3.23. The van der Waals surface area contributed by atoms with Crippen molar-refractivity contribution in [1.29, 1.82) is 0 Å². The van der Waals surface area contributed by atoms with E-state index < -0.39 is 0 Å². The van der Waals surface area contributed by atoms with Crippen molar-refractivity contribution in [3.05, 3.63) is 52.9 Å². The zero-order valence-corrected chi connectivity index (χ0v) is 17.8. The van der Waals surface area contributed by atoms with Crippen molar-refractivity contribution >= 4 is 23.4 Å². The highest BCUT2D eigenvalue weighted by Gasteiger charge is 2.17. The molecule has 2 aromatic rings. The number of nitrogens with zero attached hydrogens (tertiary/aromatic N) is 4. The van der Waals surface area contributed by atoms with Crippen molar-refractivity contribution in [1.82, 2.24) is 20.6 Å². The molecule has 0 radical (unpaired) electrons. The summed E-state index contributed by atoms with van der Waals surface area (Å²) in [4.78, 5) is 15.7. The second-order valence-electron chi connectivity index (χ2n) is 7.01. The van der Waals surface area contributed by atoms with Gasteiger partial charge in [-0.15, -0.1) is 0 Å². The van der Waals surface area contributed by atoms with E-state index in [1.54, 1.807) is 6.20 Å². The number of rotatable bonds is 7. The Bertz CT molecular complexity index is 781. The van der Waals surface area contributed by atoms with Gasteiger partial charge < -0.3 is 20.3 Å².